The number of aromatic nitrogens is 1. The number of anilines is 1. The van der Waals surface area contributed by atoms with Crippen LogP contribution < -0.4 is 16.0 Å². The van der Waals surface area contributed by atoms with Crippen molar-refractivity contribution in [2.45, 2.75) is 13.3 Å². The zero-order valence-electron chi connectivity index (χ0n) is 13.4. The number of nitrogens with one attached hydrogen (secondary N) is 1. The smallest absolute Gasteiger partial charge is 0.252 e. The van der Waals surface area contributed by atoms with Gasteiger partial charge in [-0.1, -0.05) is 0 Å². The molecule has 0 aromatic carbocycles. The van der Waals surface area contributed by atoms with Crippen LogP contribution >= 0.6 is 0 Å². The highest BCUT2D eigenvalue weighted by molar-refractivity contribution is 5.97. The molecule has 2 aliphatic rings. The van der Waals surface area contributed by atoms with E-state index in [1.807, 2.05) is 16.7 Å². The number of primary amides is 1. The third kappa shape index (κ3) is 3.01. The SMILES string of the molecule is CC1(C(=O)N2CCN(c3ncccc3C(N)=O)CC2)CCNC1. The first-order valence-electron chi connectivity index (χ1n) is 8.01. The first kappa shape index (κ1) is 15.7. The summed E-state index contributed by atoms with van der Waals surface area (Å²) in [5.41, 5.74) is 5.56. The quantitative estimate of drug-likeness (QED) is 0.807. The van der Waals surface area contributed by atoms with Crippen molar-refractivity contribution in [2.75, 3.05) is 44.2 Å². The third-order valence-electron chi connectivity index (χ3n) is 4.80. The molecule has 1 atom stereocenters. The van der Waals surface area contributed by atoms with E-state index in [0.717, 1.165) is 19.5 Å². The molecule has 3 rings (SSSR count). The van der Waals surface area contributed by atoms with E-state index in [1.54, 1.807) is 18.3 Å². The van der Waals surface area contributed by atoms with Gasteiger partial charge in [0.05, 0.1) is 11.0 Å². The van der Waals surface area contributed by atoms with Crippen molar-refractivity contribution in [1.29, 1.82) is 0 Å². The lowest BCUT2D eigenvalue weighted by molar-refractivity contribution is -0.140. The Morgan fingerprint density at radius 1 is 1.30 bits per heavy atom. The minimum absolute atomic E-state index is 0.221. The fourth-order valence-electron chi connectivity index (χ4n) is 3.34. The van der Waals surface area contributed by atoms with Crippen molar-refractivity contribution in [3.63, 3.8) is 0 Å². The number of rotatable bonds is 3. The number of amides is 2. The number of nitrogens with zero attached hydrogens (tertiary/aromatic N) is 3. The molecule has 1 aromatic rings. The minimum atomic E-state index is -0.476. The molecule has 0 spiro atoms. The summed E-state index contributed by atoms with van der Waals surface area (Å²) >= 11 is 0. The number of pyridine rings is 1. The topological polar surface area (TPSA) is 91.6 Å². The Kier molecular flexibility index (Phi) is 4.21. The molecule has 3 heterocycles. The molecule has 1 aromatic heterocycles. The first-order chi connectivity index (χ1) is 11.0. The predicted octanol–water partition coefficient (Wildman–Crippen LogP) is -0.171. The summed E-state index contributed by atoms with van der Waals surface area (Å²) in [6.45, 7) is 6.29. The van der Waals surface area contributed by atoms with Gasteiger partial charge in [0.15, 0.2) is 0 Å². The summed E-state index contributed by atoms with van der Waals surface area (Å²) in [7, 11) is 0. The maximum Gasteiger partial charge on any atom is 0.252 e. The maximum absolute atomic E-state index is 12.7. The molecule has 23 heavy (non-hydrogen) atoms. The number of nitrogens with two attached hydrogens (primary N) is 1. The highest BCUT2D eigenvalue weighted by atomic mass is 16.2. The zero-order chi connectivity index (χ0) is 16.4. The maximum atomic E-state index is 12.7. The number of carbonyl (C=O) groups is 2. The van der Waals surface area contributed by atoms with Gasteiger partial charge in [-0.15, -0.1) is 0 Å². The van der Waals surface area contributed by atoms with Crippen LogP contribution in [0.4, 0.5) is 5.82 Å². The lowest BCUT2D eigenvalue weighted by Gasteiger charge is -2.39. The van der Waals surface area contributed by atoms with Crippen molar-refractivity contribution >= 4 is 17.6 Å². The molecule has 3 N–H and O–H groups in total. The second-order valence-electron chi connectivity index (χ2n) is 6.51. The van der Waals surface area contributed by atoms with Crippen LogP contribution in [0.25, 0.3) is 0 Å². The van der Waals surface area contributed by atoms with Gasteiger partial charge in [-0.3, -0.25) is 9.59 Å². The molecule has 2 saturated heterocycles. The molecule has 2 amide bonds. The lowest BCUT2D eigenvalue weighted by atomic mass is 9.88. The Morgan fingerprint density at radius 3 is 2.65 bits per heavy atom. The Balaban J connectivity index is 1.67. The van der Waals surface area contributed by atoms with E-state index in [2.05, 4.69) is 10.3 Å². The van der Waals surface area contributed by atoms with Crippen LogP contribution in [0.1, 0.15) is 23.7 Å². The summed E-state index contributed by atoms with van der Waals surface area (Å²) in [5.74, 6) is 0.357. The standard InChI is InChI=1S/C16H23N5O2/c1-16(4-6-18-11-16)15(23)21-9-7-20(8-10-21)14-12(13(17)22)3-2-5-19-14/h2-3,5,18H,4,6-11H2,1H3,(H2,17,22). The Morgan fingerprint density at radius 2 is 2.04 bits per heavy atom. The van der Waals surface area contributed by atoms with Crippen LogP contribution in [-0.2, 0) is 4.79 Å². The molecular weight excluding hydrogens is 294 g/mol. The minimum Gasteiger partial charge on any atom is -0.365 e. The molecule has 7 heteroatoms. The van der Waals surface area contributed by atoms with E-state index in [1.165, 1.54) is 0 Å². The molecule has 0 radical (unpaired) electrons. The highest BCUT2D eigenvalue weighted by Crippen LogP contribution is 2.28. The number of piperazine rings is 1. The monoisotopic (exact) mass is 317 g/mol. The average molecular weight is 317 g/mol. The molecule has 7 nitrogen and oxygen atoms in total. The van der Waals surface area contributed by atoms with Gasteiger partial charge in [0.25, 0.3) is 5.91 Å². The Bertz CT molecular complexity index is 604. The van der Waals surface area contributed by atoms with Gasteiger partial charge in [0.2, 0.25) is 5.91 Å². The fourth-order valence-corrected chi connectivity index (χ4v) is 3.34. The van der Waals surface area contributed by atoms with Crippen molar-refractivity contribution in [3.05, 3.63) is 23.9 Å². The second-order valence-corrected chi connectivity index (χ2v) is 6.51. The predicted molar refractivity (Wildman–Crippen MR) is 87.1 cm³/mol. The summed E-state index contributed by atoms with van der Waals surface area (Å²) in [6, 6.07) is 3.39. The van der Waals surface area contributed by atoms with Crippen LogP contribution in [0, 0.1) is 5.41 Å². The molecule has 0 saturated carbocycles. The Labute approximate surface area is 135 Å². The van der Waals surface area contributed by atoms with E-state index in [4.69, 9.17) is 5.73 Å². The van der Waals surface area contributed by atoms with Gasteiger partial charge in [-0.2, -0.15) is 0 Å². The van der Waals surface area contributed by atoms with Gasteiger partial charge in [-0.05, 0) is 32.0 Å². The van der Waals surface area contributed by atoms with E-state index >= 15 is 0 Å². The van der Waals surface area contributed by atoms with Crippen molar-refractivity contribution in [3.8, 4) is 0 Å². The molecule has 2 aliphatic heterocycles. The second kappa shape index (κ2) is 6.16. The number of carbonyl (C=O) groups excluding carboxylic acids is 2. The largest absolute Gasteiger partial charge is 0.365 e. The number of hydrogen-bond acceptors (Lipinski definition) is 5. The third-order valence-corrected chi connectivity index (χ3v) is 4.80. The van der Waals surface area contributed by atoms with E-state index in [9.17, 15) is 9.59 Å². The Hall–Kier alpha value is -2.15. The summed E-state index contributed by atoms with van der Waals surface area (Å²) in [4.78, 5) is 32.5. The van der Waals surface area contributed by atoms with Crippen LogP contribution in [0.5, 0.6) is 0 Å². The fraction of sp³-hybridized carbons (Fsp3) is 0.562. The van der Waals surface area contributed by atoms with Gasteiger partial charge in [0, 0.05) is 38.9 Å². The normalized spacial score (nSPS) is 24.7. The molecule has 0 aliphatic carbocycles. The summed E-state index contributed by atoms with van der Waals surface area (Å²) in [6.07, 6.45) is 2.54. The van der Waals surface area contributed by atoms with Crippen LogP contribution in [0.2, 0.25) is 0 Å². The lowest BCUT2D eigenvalue weighted by Crippen LogP contribution is -2.53. The summed E-state index contributed by atoms with van der Waals surface area (Å²) in [5, 5.41) is 3.27. The van der Waals surface area contributed by atoms with Crippen molar-refractivity contribution in [1.82, 2.24) is 15.2 Å². The van der Waals surface area contributed by atoms with Gasteiger partial charge >= 0.3 is 0 Å². The molecular formula is C16H23N5O2. The molecule has 2 fully saturated rings. The summed E-state index contributed by atoms with van der Waals surface area (Å²) < 4.78 is 0. The zero-order valence-corrected chi connectivity index (χ0v) is 13.4. The van der Waals surface area contributed by atoms with Gasteiger partial charge < -0.3 is 20.9 Å². The van der Waals surface area contributed by atoms with E-state index in [0.29, 0.717) is 37.6 Å². The van der Waals surface area contributed by atoms with Crippen molar-refractivity contribution in [2.24, 2.45) is 11.1 Å². The van der Waals surface area contributed by atoms with Crippen molar-refractivity contribution < 1.29 is 9.59 Å². The molecule has 124 valence electrons. The van der Waals surface area contributed by atoms with Gasteiger partial charge in [-0.25, -0.2) is 4.98 Å². The average Bonchev–Trinajstić information content (AvgIpc) is 3.02. The van der Waals surface area contributed by atoms with Crippen LogP contribution in [0.3, 0.4) is 0 Å². The molecule has 0 bridgehead atoms. The first-order valence-corrected chi connectivity index (χ1v) is 8.01. The van der Waals surface area contributed by atoms with Crippen LogP contribution in [0.15, 0.2) is 18.3 Å². The van der Waals surface area contributed by atoms with E-state index in [-0.39, 0.29) is 11.3 Å². The van der Waals surface area contributed by atoms with Gasteiger partial charge in [0.1, 0.15) is 5.82 Å². The van der Waals surface area contributed by atoms with E-state index < -0.39 is 5.91 Å². The molecule has 1 unspecified atom stereocenters. The number of hydrogen-bond donors (Lipinski definition) is 2. The highest BCUT2D eigenvalue weighted by Gasteiger charge is 2.40. The van der Waals surface area contributed by atoms with Crippen LogP contribution in [-0.4, -0.2) is 61.0 Å².